The summed E-state index contributed by atoms with van der Waals surface area (Å²) in [7, 11) is 4.56. The van der Waals surface area contributed by atoms with E-state index in [9.17, 15) is 4.79 Å². The van der Waals surface area contributed by atoms with E-state index >= 15 is 0 Å². The predicted molar refractivity (Wildman–Crippen MR) is 70.0 cm³/mol. The van der Waals surface area contributed by atoms with Gasteiger partial charge in [-0.05, 0) is 12.1 Å². The Balaban J connectivity index is 2.33. The maximum atomic E-state index is 12.2. The van der Waals surface area contributed by atoms with Crippen molar-refractivity contribution >= 4 is 5.91 Å². The Bertz CT molecular complexity index is 459. The molecular formula is C13H18N2O4. The van der Waals surface area contributed by atoms with Crippen LogP contribution in [0.1, 0.15) is 10.4 Å². The molecule has 104 valence electrons. The van der Waals surface area contributed by atoms with E-state index in [0.29, 0.717) is 35.9 Å². The molecule has 1 amide bonds. The summed E-state index contributed by atoms with van der Waals surface area (Å²) in [5.41, 5.74) is 6.18. The van der Waals surface area contributed by atoms with Crippen LogP contribution in [0.2, 0.25) is 0 Å². The van der Waals surface area contributed by atoms with Gasteiger partial charge >= 0.3 is 0 Å². The molecule has 1 aromatic carbocycles. The SMILES string of the molecule is COc1cc(C(=O)N2CC(N)C2)cc(OC)c1OC. The largest absolute Gasteiger partial charge is 0.493 e. The summed E-state index contributed by atoms with van der Waals surface area (Å²) < 4.78 is 15.7. The zero-order chi connectivity index (χ0) is 14.0. The van der Waals surface area contributed by atoms with Crippen LogP contribution in [0.15, 0.2) is 12.1 Å². The van der Waals surface area contributed by atoms with E-state index in [0.717, 1.165) is 0 Å². The van der Waals surface area contributed by atoms with Gasteiger partial charge in [0.1, 0.15) is 0 Å². The van der Waals surface area contributed by atoms with Gasteiger partial charge in [0, 0.05) is 24.7 Å². The fourth-order valence-corrected chi connectivity index (χ4v) is 2.07. The Hall–Kier alpha value is -1.95. The van der Waals surface area contributed by atoms with E-state index < -0.39 is 0 Å². The lowest BCUT2D eigenvalue weighted by atomic mass is 10.1. The molecule has 1 aliphatic heterocycles. The van der Waals surface area contributed by atoms with Crippen LogP contribution in [0.5, 0.6) is 17.2 Å². The minimum Gasteiger partial charge on any atom is -0.493 e. The highest BCUT2D eigenvalue weighted by molar-refractivity contribution is 5.96. The van der Waals surface area contributed by atoms with Crippen molar-refractivity contribution in [1.29, 1.82) is 0 Å². The minimum atomic E-state index is -0.0825. The number of benzene rings is 1. The zero-order valence-electron chi connectivity index (χ0n) is 11.3. The second kappa shape index (κ2) is 5.36. The number of amides is 1. The first-order chi connectivity index (χ1) is 9.10. The molecule has 1 fully saturated rings. The van der Waals surface area contributed by atoms with Crippen molar-refractivity contribution in [2.75, 3.05) is 34.4 Å². The van der Waals surface area contributed by atoms with Crippen molar-refractivity contribution in [3.8, 4) is 17.2 Å². The Kier molecular flexibility index (Phi) is 3.80. The van der Waals surface area contributed by atoms with E-state index in [-0.39, 0.29) is 11.9 Å². The van der Waals surface area contributed by atoms with Crippen LogP contribution in [-0.2, 0) is 0 Å². The summed E-state index contributed by atoms with van der Waals surface area (Å²) in [4.78, 5) is 13.9. The number of carbonyl (C=O) groups is 1. The number of hydrogen-bond acceptors (Lipinski definition) is 5. The van der Waals surface area contributed by atoms with Crippen molar-refractivity contribution in [1.82, 2.24) is 4.90 Å². The summed E-state index contributed by atoms with van der Waals surface area (Å²) in [6.45, 7) is 1.16. The number of nitrogens with two attached hydrogens (primary N) is 1. The van der Waals surface area contributed by atoms with Crippen LogP contribution in [-0.4, -0.2) is 51.3 Å². The Morgan fingerprint density at radius 2 is 1.68 bits per heavy atom. The van der Waals surface area contributed by atoms with Crippen LogP contribution in [0.3, 0.4) is 0 Å². The zero-order valence-corrected chi connectivity index (χ0v) is 11.3. The average molecular weight is 266 g/mol. The molecule has 0 aromatic heterocycles. The summed E-state index contributed by atoms with van der Waals surface area (Å²) in [5.74, 6) is 1.33. The van der Waals surface area contributed by atoms with Crippen LogP contribution >= 0.6 is 0 Å². The molecule has 19 heavy (non-hydrogen) atoms. The second-order valence-corrected chi connectivity index (χ2v) is 4.38. The molecule has 0 bridgehead atoms. The third-order valence-electron chi connectivity index (χ3n) is 3.11. The summed E-state index contributed by atoms with van der Waals surface area (Å²) >= 11 is 0. The number of hydrogen-bond donors (Lipinski definition) is 1. The molecule has 6 heteroatoms. The van der Waals surface area contributed by atoms with E-state index in [1.807, 2.05) is 0 Å². The molecule has 0 spiro atoms. The lowest BCUT2D eigenvalue weighted by Crippen LogP contribution is -2.57. The van der Waals surface area contributed by atoms with Gasteiger partial charge in [0.25, 0.3) is 5.91 Å². The van der Waals surface area contributed by atoms with Gasteiger partial charge < -0.3 is 24.8 Å². The smallest absolute Gasteiger partial charge is 0.254 e. The molecule has 1 heterocycles. The molecule has 1 saturated heterocycles. The molecule has 2 rings (SSSR count). The quantitative estimate of drug-likeness (QED) is 0.858. The molecule has 0 aliphatic carbocycles. The van der Waals surface area contributed by atoms with Gasteiger partial charge in [-0.3, -0.25) is 4.79 Å². The standard InChI is InChI=1S/C13H18N2O4/c1-17-10-4-8(5-11(18-2)12(10)19-3)13(16)15-6-9(14)7-15/h4-5,9H,6-7,14H2,1-3H3. The maximum Gasteiger partial charge on any atom is 0.254 e. The fourth-order valence-electron chi connectivity index (χ4n) is 2.07. The molecule has 0 unspecified atom stereocenters. The highest BCUT2D eigenvalue weighted by Gasteiger charge is 2.29. The molecule has 2 N–H and O–H groups in total. The Labute approximate surface area is 112 Å². The van der Waals surface area contributed by atoms with Crippen LogP contribution in [0, 0.1) is 0 Å². The van der Waals surface area contributed by atoms with Gasteiger partial charge in [-0.15, -0.1) is 0 Å². The highest BCUT2D eigenvalue weighted by Crippen LogP contribution is 2.38. The normalized spacial score (nSPS) is 14.8. The number of methoxy groups -OCH3 is 3. The van der Waals surface area contributed by atoms with Gasteiger partial charge in [-0.2, -0.15) is 0 Å². The van der Waals surface area contributed by atoms with E-state index in [2.05, 4.69) is 0 Å². The molecule has 6 nitrogen and oxygen atoms in total. The van der Waals surface area contributed by atoms with E-state index in [4.69, 9.17) is 19.9 Å². The maximum absolute atomic E-state index is 12.2. The highest BCUT2D eigenvalue weighted by atomic mass is 16.5. The molecule has 1 aromatic rings. The summed E-state index contributed by atoms with van der Waals surface area (Å²) in [6, 6.07) is 3.37. The first-order valence-electron chi connectivity index (χ1n) is 5.95. The first kappa shape index (κ1) is 13.5. The lowest BCUT2D eigenvalue weighted by Gasteiger charge is -2.37. The molecule has 1 aliphatic rings. The van der Waals surface area contributed by atoms with Crippen LogP contribution in [0.4, 0.5) is 0 Å². The van der Waals surface area contributed by atoms with Crippen molar-refractivity contribution in [3.63, 3.8) is 0 Å². The number of rotatable bonds is 4. The number of likely N-dealkylation sites (tertiary alicyclic amines) is 1. The first-order valence-corrected chi connectivity index (χ1v) is 5.95. The second-order valence-electron chi connectivity index (χ2n) is 4.38. The number of nitrogens with zero attached hydrogens (tertiary/aromatic N) is 1. The molecular weight excluding hydrogens is 248 g/mol. The molecule has 0 atom stereocenters. The van der Waals surface area contributed by atoms with Gasteiger partial charge in [0.05, 0.1) is 21.3 Å². The third kappa shape index (κ3) is 2.44. The van der Waals surface area contributed by atoms with Crippen molar-refractivity contribution in [3.05, 3.63) is 17.7 Å². The Morgan fingerprint density at radius 1 is 1.16 bits per heavy atom. The fraction of sp³-hybridized carbons (Fsp3) is 0.462. The predicted octanol–water partition coefficient (Wildman–Crippen LogP) is 0.496. The summed E-state index contributed by atoms with van der Waals surface area (Å²) in [5, 5.41) is 0. The van der Waals surface area contributed by atoms with Gasteiger partial charge in [0.15, 0.2) is 11.5 Å². The van der Waals surface area contributed by atoms with Gasteiger partial charge in [-0.1, -0.05) is 0 Å². The topological polar surface area (TPSA) is 74.0 Å². The van der Waals surface area contributed by atoms with Gasteiger partial charge in [0.2, 0.25) is 5.75 Å². The lowest BCUT2D eigenvalue weighted by molar-refractivity contribution is 0.0607. The Morgan fingerprint density at radius 3 is 2.05 bits per heavy atom. The van der Waals surface area contributed by atoms with Crippen molar-refractivity contribution in [2.45, 2.75) is 6.04 Å². The van der Waals surface area contributed by atoms with E-state index in [1.54, 1.807) is 17.0 Å². The minimum absolute atomic E-state index is 0.0750. The van der Waals surface area contributed by atoms with E-state index in [1.165, 1.54) is 21.3 Å². The van der Waals surface area contributed by atoms with Crippen LogP contribution in [0.25, 0.3) is 0 Å². The van der Waals surface area contributed by atoms with Gasteiger partial charge in [-0.25, -0.2) is 0 Å². The summed E-state index contributed by atoms with van der Waals surface area (Å²) in [6.07, 6.45) is 0. The monoisotopic (exact) mass is 266 g/mol. The third-order valence-corrected chi connectivity index (χ3v) is 3.11. The van der Waals surface area contributed by atoms with Crippen molar-refractivity contribution < 1.29 is 19.0 Å². The van der Waals surface area contributed by atoms with Crippen molar-refractivity contribution in [2.24, 2.45) is 5.73 Å². The molecule has 0 saturated carbocycles. The van der Waals surface area contributed by atoms with Crippen LogP contribution < -0.4 is 19.9 Å². The average Bonchev–Trinajstić information content (AvgIpc) is 2.41. The number of ether oxygens (including phenoxy) is 3. The molecule has 0 radical (unpaired) electrons. The number of carbonyl (C=O) groups excluding carboxylic acids is 1.